The molecule has 3 nitrogen and oxygen atoms in total. The van der Waals surface area contributed by atoms with Crippen LogP contribution in [0, 0.1) is 0 Å². The van der Waals surface area contributed by atoms with Gasteiger partial charge in [0, 0.05) is 79.1 Å². The van der Waals surface area contributed by atoms with Gasteiger partial charge in [0.1, 0.15) is 0 Å². The molecule has 0 N–H and O–H groups in total. The van der Waals surface area contributed by atoms with Gasteiger partial charge in [-0.25, -0.2) is 9.97 Å². The lowest BCUT2D eigenvalue weighted by atomic mass is 9.99. The van der Waals surface area contributed by atoms with Gasteiger partial charge in [0.25, 0.3) is 0 Å². The lowest BCUT2D eigenvalue weighted by Crippen LogP contribution is -1.97. The lowest BCUT2D eigenvalue weighted by molar-refractivity contribution is 1.18. The fourth-order valence-electron chi connectivity index (χ4n) is 8.61. The highest BCUT2D eigenvalue weighted by atomic mass is 32.1. The van der Waals surface area contributed by atoms with Crippen LogP contribution in [0.2, 0.25) is 0 Å². The molecule has 0 fully saturated rings. The number of aromatic nitrogens is 3. The second-order valence-electron chi connectivity index (χ2n) is 14.5. The molecule has 12 rings (SSSR count). The summed E-state index contributed by atoms with van der Waals surface area (Å²) < 4.78 is 7.68. The van der Waals surface area contributed by atoms with Gasteiger partial charge in [-0.1, -0.05) is 133 Å². The van der Waals surface area contributed by atoms with Crippen LogP contribution in [0.5, 0.6) is 0 Å². The maximum Gasteiger partial charge on any atom is 0.161 e. The summed E-state index contributed by atoms with van der Waals surface area (Å²) in [4.78, 5) is 10.6. The van der Waals surface area contributed by atoms with Gasteiger partial charge >= 0.3 is 0 Å². The number of rotatable bonds is 5. The third-order valence-electron chi connectivity index (χ3n) is 11.2. The van der Waals surface area contributed by atoms with E-state index in [1.165, 1.54) is 56.9 Å². The summed E-state index contributed by atoms with van der Waals surface area (Å²) in [6.07, 6.45) is 0. The van der Waals surface area contributed by atoms with Crippen molar-refractivity contribution in [2.24, 2.45) is 0 Å². The average molecular weight is 762 g/mol. The summed E-state index contributed by atoms with van der Waals surface area (Å²) in [6, 6.07) is 67.7. The van der Waals surface area contributed by atoms with E-state index in [1.54, 1.807) is 0 Å². The van der Waals surface area contributed by atoms with Crippen molar-refractivity contribution in [1.82, 2.24) is 14.5 Å². The third kappa shape index (κ3) is 5.17. The van der Waals surface area contributed by atoms with Crippen LogP contribution in [-0.4, -0.2) is 14.5 Å². The monoisotopic (exact) mass is 761 g/mol. The molecular formula is C52H31N3S2. The second-order valence-corrected chi connectivity index (χ2v) is 16.7. The highest BCUT2D eigenvalue weighted by Gasteiger charge is 2.21. The summed E-state index contributed by atoms with van der Waals surface area (Å²) in [5.41, 5.74) is 10.8. The zero-order valence-corrected chi connectivity index (χ0v) is 32.2. The van der Waals surface area contributed by atoms with Crippen molar-refractivity contribution in [3.63, 3.8) is 0 Å². The molecule has 12 aromatic rings. The van der Waals surface area contributed by atoms with Gasteiger partial charge in [0.05, 0.1) is 22.4 Å². The number of hydrogen-bond donors (Lipinski definition) is 0. The molecule has 0 saturated heterocycles. The van der Waals surface area contributed by atoms with Crippen molar-refractivity contribution in [1.29, 1.82) is 0 Å². The number of para-hydroxylation sites is 1. The molecule has 0 aliphatic carbocycles. The summed E-state index contributed by atoms with van der Waals surface area (Å²) >= 11 is 3.75. The topological polar surface area (TPSA) is 30.7 Å². The van der Waals surface area contributed by atoms with Gasteiger partial charge < -0.3 is 4.57 Å². The normalized spacial score (nSPS) is 11.9. The Morgan fingerprint density at radius 2 is 0.965 bits per heavy atom. The Balaban J connectivity index is 1.14. The van der Waals surface area contributed by atoms with Crippen LogP contribution in [0.15, 0.2) is 188 Å². The molecule has 0 atom stereocenters. The van der Waals surface area contributed by atoms with E-state index in [1.807, 2.05) is 34.8 Å². The molecule has 0 amide bonds. The molecule has 0 bridgehead atoms. The first kappa shape index (κ1) is 32.3. The number of benzene rings is 8. The Kier molecular flexibility index (Phi) is 7.27. The van der Waals surface area contributed by atoms with E-state index in [4.69, 9.17) is 9.97 Å². The first-order valence-electron chi connectivity index (χ1n) is 19.1. The highest BCUT2D eigenvalue weighted by Crippen LogP contribution is 2.46. The maximum atomic E-state index is 5.28. The van der Waals surface area contributed by atoms with Crippen molar-refractivity contribution in [3.05, 3.63) is 188 Å². The van der Waals surface area contributed by atoms with Crippen LogP contribution in [0.1, 0.15) is 0 Å². The third-order valence-corrected chi connectivity index (χ3v) is 13.6. The van der Waals surface area contributed by atoms with Crippen LogP contribution in [0.25, 0.3) is 113 Å². The standard InChI is InChI=1S/C52H31N3S2/c1-3-14-32(15-4-1)43-31-44(33-16-5-2-6-17-33)54-52(53-43)39-21-13-23-46-50(39)38-20-7-10-22-45(38)55(46)35-29-40(51-42(30-35)37-19-9-12-25-48(37)57-51)34-26-27-49-41(28-34)36-18-8-11-24-47(36)56-49/h1-31H. The fraction of sp³-hybridized carbons (Fsp3) is 0. The zero-order valence-electron chi connectivity index (χ0n) is 30.6. The summed E-state index contributed by atoms with van der Waals surface area (Å²) in [5.74, 6) is 0.708. The van der Waals surface area contributed by atoms with Crippen molar-refractivity contribution >= 4 is 84.8 Å². The first-order chi connectivity index (χ1) is 28.2. The maximum absolute atomic E-state index is 5.28. The summed E-state index contributed by atoms with van der Waals surface area (Å²) in [7, 11) is 0. The molecule has 4 heterocycles. The van der Waals surface area contributed by atoms with Gasteiger partial charge in [-0.05, 0) is 60.2 Å². The number of fused-ring (bicyclic) bond motifs is 9. The molecule has 4 aromatic heterocycles. The fourth-order valence-corrected chi connectivity index (χ4v) is 10.9. The van der Waals surface area contributed by atoms with Crippen LogP contribution in [0.3, 0.4) is 0 Å². The smallest absolute Gasteiger partial charge is 0.161 e. The SMILES string of the molecule is c1ccc(-c2cc(-c3ccccc3)nc(-c3cccc4c3c3ccccc3n4-c3cc(-c4ccc5sc6ccccc6c5c4)c4sc5ccccc5c4c3)n2)cc1. The van der Waals surface area contributed by atoms with E-state index in [9.17, 15) is 0 Å². The largest absolute Gasteiger partial charge is 0.309 e. The molecule has 0 saturated carbocycles. The highest BCUT2D eigenvalue weighted by molar-refractivity contribution is 7.26. The van der Waals surface area contributed by atoms with Gasteiger partial charge in [0.2, 0.25) is 0 Å². The van der Waals surface area contributed by atoms with Crippen molar-refractivity contribution < 1.29 is 0 Å². The Bertz CT molecular complexity index is 3460. The molecule has 266 valence electrons. The Morgan fingerprint density at radius 1 is 0.368 bits per heavy atom. The van der Waals surface area contributed by atoms with E-state index >= 15 is 0 Å². The minimum atomic E-state index is 0.708. The lowest BCUT2D eigenvalue weighted by Gasteiger charge is -2.13. The quantitative estimate of drug-likeness (QED) is 0.175. The number of nitrogens with zero attached hydrogens (tertiary/aromatic N) is 3. The minimum Gasteiger partial charge on any atom is -0.309 e. The summed E-state index contributed by atoms with van der Waals surface area (Å²) in [5, 5.41) is 7.48. The Hall–Kier alpha value is -6.92. The van der Waals surface area contributed by atoms with Crippen LogP contribution < -0.4 is 0 Å². The zero-order chi connectivity index (χ0) is 37.5. The van der Waals surface area contributed by atoms with Crippen molar-refractivity contribution in [3.8, 4) is 50.7 Å². The van der Waals surface area contributed by atoms with Crippen molar-refractivity contribution in [2.45, 2.75) is 0 Å². The number of thiophene rings is 2. The summed E-state index contributed by atoms with van der Waals surface area (Å²) in [6.45, 7) is 0. The van der Waals surface area contributed by atoms with Gasteiger partial charge in [0.15, 0.2) is 5.82 Å². The van der Waals surface area contributed by atoms with Crippen LogP contribution in [-0.2, 0) is 0 Å². The molecule has 5 heteroatoms. The molecule has 8 aromatic carbocycles. The predicted molar refractivity (Wildman–Crippen MR) is 244 cm³/mol. The van der Waals surface area contributed by atoms with Gasteiger partial charge in [-0.15, -0.1) is 22.7 Å². The molecule has 0 unspecified atom stereocenters. The van der Waals surface area contributed by atoms with Crippen LogP contribution in [0.4, 0.5) is 0 Å². The van der Waals surface area contributed by atoms with E-state index in [-0.39, 0.29) is 0 Å². The van der Waals surface area contributed by atoms with E-state index in [2.05, 4.69) is 180 Å². The van der Waals surface area contributed by atoms with E-state index in [0.717, 1.165) is 50.2 Å². The molecule has 0 spiro atoms. The molecule has 0 aliphatic heterocycles. The average Bonchev–Trinajstić information content (AvgIpc) is 3.96. The minimum absolute atomic E-state index is 0.708. The van der Waals surface area contributed by atoms with Gasteiger partial charge in [-0.3, -0.25) is 0 Å². The Labute approximate surface area is 336 Å². The second kappa shape index (κ2) is 12.8. The molecule has 57 heavy (non-hydrogen) atoms. The number of hydrogen-bond acceptors (Lipinski definition) is 4. The van der Waals surface area contributed by atoms with Crippen molar-refractivity contribution in [2.75, 3.05) is 0 Å². The molecule has 0 radical (unpaired) electrons. The predicted octanol–water partition coefficient (Wildman–Crippen LogP) is 15.0. The first-order valence-corrected chi connectivity index (χ1v) is 20.8. The van der Waals surface area contributed by atoms with E-state index in [0.29, 0.717) is 5.82 Å². The molecule has 0 aliphatic rings. The molecular weight excluding hydrogens is 731 g/mol. The Morgan fingerprint density at radius 3 is 1.70 bits per heavy atom. The van der Waals surface area contributed by atoms with Gasteiger partial charge in [-0.2, -0.15) is 0 Å². The van der Waals surface area contributed by atoms with Crippen LogP contribution >= 0.6 is 22.7 Å². The van der Waals surface area contributed by atoms with E-state index < -0.39 is 0 Å².